The van der Waals surface area contributed by atoms with E-state index in [4.69, 9.17) is 0 Å². The van der Waals surface area contributed by atoms with E-state index in [1.165, 1.54) is 64.2 Å². The third kappa shape index (κ3) is 3.65. The summed E-state index contributed by atoms with van der Waals surface area (Å²) in [5.74, 6) is 4.44. The zero-order valence-electron chi connectivity index (χ0n) is 16.8. The first kappa shape index (κ1) is 18.0. The molecule has 1 N–H and O–H groups in total. The second-order valence-corrected chi connectivity index (χ2v) is 10.8. The van der Waals surface area contributed by atoms with Gasteiger partial charge in [-0.3, -0.25) is 9.59 Å². The van der Waals surface area contributed by atoms with Crippen molar-refractivity contribution in [3.63, 3.8) is 0 Å². The van der Waals surface area contributed by atoms with Crippen LogP contribution in [0.25, 0.3) is 0 Å². The molecule has 0 aromatic rings. The smallest absolute Gasteiger partial charge is 0.241 e. The first-order chi connectivity index (χ1) is 13.1. The Morgan fingerprint density at radius 3 is 2.19 bits per heavy atom. The van der Waals surface area contributed by atoms with Crippen LogP contribution >= 0.6 is 0 Å². The van der Waals surface area contributed by atoms with Gasteiger partial charge in [0.05, 0.1) is 6.54 Å². The molecule has 1 aliphatic heterocycles. The van der Waals surface area contributed by atoms with Crippen LogP contribution in [0.15, 0.2) is 0 Å². The van der Waals surface area contributed by atoms with E-state index in [0.717, 1.165) is 43.2 Å². The lowest BCUT2D eigenvalue weighted by Gasteiger charge is -2.56. The van der Waals surface area contributed by atoms with Crippen LogP contribution in [0.2, 0.25) is 0 Å². The van der Waals surface area contributed by atoms with Crippen LogP contribution in [0.3, 0.4) is 0 Å². The zero-order valence-corrected chi connectivity index (χ0v) is 16.8. The molecule has 6 fully saturated rings. The number of rotatable bonds is 4. The summed E-state index contributed by atoms with van der Waals surface area (Å²) in [5.41, 5.74) is 0.266. The van der Waals surface area contributed by atoms with Gasteiger partial charge in [-0.25, -0.2) is 0 Å². The lowest BCUT2D eigenvalue weighted by atomic mass is 9.49. The SMILES string of the molecule is O=C(CC12CC3CC(CC(C3)C1)C2)NCC(=O)N1CC[C@H]2CCCC[C@@H]2C1. The summed E-state index contributed by atoms with van der Waals surface area (Å²) < 4.78 is 0. The third-order valence-corrected chi connectivity index (χ3v) is 8.78. The van der Waals surface area contributed by atoms with Gasteiger partial charge in [0.25, 0.3) is 0 Å². The lowest BCUT2D eigenvalue weighted by Crippen LogP contribution is -2.50. The number of amides is 2. The van der Waals surface area contributed by atoms with Crippen LogP contribution in [-0.2, 0) is 9.59 Å². The Balaban J connectivity index is 1.11. The van der Waals surface area contributed by atoms with Crippen molar-refractivity contribution >= 4 is 11.8 Å². The van der Waals surface area contributed by atoms with Gasteiger partial charge in [-0.1, -0.05) is 19.3 Å². The standard InChI is InChI=1S/C23H36N2O2/c26-21(13-23-10-16-7-17(11-23)9-18(8-16)12-23)24-14-22(27)25-6-5-19-3-1-2-4-20(19)15-25/h16-20H,1-15H2,(H,24,26)/t16?,17?,18?,19-,20-,23?/m1/s1. The quantitative estimate of drug-likeness (QED) is 0.817. The van der Waals surface area contributed by atoms with Gasteiger partial charge in [0.15, 0.2) is 0 Å². The molecule has 27 heavy (non-hydrogen) atoms. The minimum Gasteiger partial charge on any atom is -0.347 e. The average Bonchev–Trinajstić information content (AvgIpc) is 2.64. The van der Waals surface area contributed by atoms with E-state index in [9.17, 15) is 9.59 Å². The van der Waals surface area contributed by atoms with Crippen molar-refractivity contribution in [3.05, 3.63) is 0 Å². The number of nitrogens with zero attached hydrogens (tertiary/aromatic N) is 1. The van der Waals surface area contributed by atoms with Gasteiger partial charge in [-0.15, -0.1) is 0 Å². The van der Waals surface area contributed by atoms with Crippen LogP contribution in [0, 0.1) is 35.0 Å². The molecule has 0 aromatic carbocycles. The van der Waals surface area contributed by atoms with Gasteiger partial charge in [0.1, 0.15) is 0 Å². The van der Waals surface area contributed by atoms with Crippen molar-refractivity contribution < 1.29 is 9.59 Å². The molecule has 5 aliphatic carbocycles. The number of piperidine rings is 1. The van der Waals surface area contributed by atoms with Crippen LogP contribution in [0.1, 0.15) is 77.0 Å². The number of carbonyl (C=O) groups excluding carboxylic acids is 2. The van der Waals surface area contributed by atoms with E-state index in [0.29, 0.717) is 12.3 Å². The summed E-state index contributed by atoms with van der Waals surface area (Å²) in [6.07, 6.45) is 15.2. The van der Waals surface area contributed by atoms with Crippen molar-refractivity contribution in [2.75, 3.05) is 19.6 Å². The molecule has 4 heteroatoms. The molecule has 6 aliphatic rings. The van der Waals surface area contributed by atoms with Crippen LogP contribution in [0.5, 0.6) is 0 Å². The zero-order chi connectivity index (χ0) is 18.4. The topological polar surface area (TPSA) is 49.4 Å². The molecule has 0 radical (unpaired) electrons. The van der Waals surface area contributed by atoms with E-state index in [1.807, 2.05) is 4.90 Å². The van der Waals surface area contributed by atoms with Crippen molar-refractivity contribution in [1.29, 1.82) is 0 Å². The maximum atomic E-state index is 12.7. The molecule has 0 spiro atoms. The molecule has 1 saturated heterocycles. The van der Waals surface area contributed by atoms with Crippen LogP contribution in [-0.4, -0.2) is 36.3 Å². The highest BCUT2D eigenvalue weighted by atomic mass is 16.2. The molecule has 2 amide bonds. The number of fused-ring (bicyclic) bond motifs is 1. The second-order valence-electron chi connectivity index (χ2n) is 10.8. The summed E-state index contributed by atoms with van der Waals surface area (Å²) in [7, 11) is 0. The highest BCUT2D eigenvalue weighted by Crippen LogP contribution is 2.61. The molecule has 150 valence electrons. The first-order valence-corrected chi connectivity index (χ1v) is 11.6. The van der Waals surface area contributed by atoms with E-state index in [-0.39, 0.29) is 23.8 Å². The Morgan fingerprint density at radius 1 is 0.889 bits per heavy atom. The number of likely N-dealkylation sites (tertiary alicyclic amines) is 1. The Labute approximate surface area is 163 Å². The minimum absolute atomic E-state index is 0.123. The molecule has 2 atom stereocenters. The van der Waals surface area contributed by atoms with Gasteiger partial charge in [-0.2, -0.15) is 0 Å². The molecular weight excluding hydrogens is 336 g/mol. The van der Waals surface area contributed by atoms with Gasteiger partial charge < -0.3 is 10.2 Å². The number of hydrogen-bond donors (Lipinski definition) is 1. The number of carbonyl (C=O) groups is 2. The third-order valence-electron chi connectivity index (χ3n) is 8.78. The fourth-order valence-corrected chi connectivity index (χ4v) is 8.02. The fraction of sp³-hybridized carbons (Fsp3) is 0.913. The van der Waals surface area contributed by atoms with E-state index < -0.39 is 0 Å². The largest absolute Gasteiger partial charge is 0.347 e. The van der Waals surface area contributed by atoms with Crippen LogP contribution in [0.4, 0.5) is 0 Å². The molecular formula is C23H36N2O2. The molecule has 0 aromatic heterocycles. The highest BCUT2D eigenvalue weighted by Gasteiger charge is 2.51. The lowest BCUT2D eigenvalue weighted by molar-refractivity contribution is -0.137. The van der Waals surface area contributed by atoms with Gasteiger partial charge >= 0.3 is 0 Å². The second kappa shape index (κ2) is 7.08. The molecule has 4 bridgehead atoms. The highest BCUT2D eigenvalue weighted by molar-refractivity contribution is 5.85. The number of hydrogen-bond acceptors (Lipinski definition) is 2. The molecule has 6 rings (SSSR count). The Bertz CT molecular complexity index is 566. The Kier molecular flexibility index (Phi) is 4.72. The van der Waals surface area contributed by atoms with Gasteiger partial charge in [-0.05, 0) is 86.4 Å². The molecule has 4 nitrogen and oxygen atoms in total. The number of nitrogens with one attached hydrogen (secondary N) is 1. The van der Waals surface area contributed by atoms with Crippen molar-refractivity contribution in [2.24, 2.45) is 35.0 Å². The Hall–Kier alpha value is -1.06. The maximum absolute atomic E-state index is 12.7. The summed E-state index contributed by atoms with van der Waals surface area (Å²) in [6, 6.07) is 0. The maximum Gasteiger partial charge on any atom is 0.241 e. The molecule has 1 heterocycles. The van der Waals surface area contributed by atoms with E-state index in [1.54, 1.807) is 0 Å². The van der Waals surface area contributed by atoms with Gasteiger partial charge in [0, 0.05) is 19.5 Å². The first-order valence-electron chi connectivity index (χ1n) is 11.6. The summed E-state index contributed by atoms with van der Waals surface area (Å²) in [6.45, 7) is 2.03. The summed E-state index contributed by atoms with van der Waals surface area (Å²) in [5, 5.41) is 3.00. The normalized spacial score (nSPS) is 42.7. The minimum atomic E-state index is 0.123. The molecule has 0 unspecified atom stereocenters. The predicted molar refractivity (Wildman–Crippen MR) is 105 cm³/mol. The van der Waals surface area contributed by atoms with Crippen LogP contribution < -0.4 is 5.32 Å². The molecule has 5 saturated carbocycles. The Morgan fingerprint density at radius 2 is 1.52 bits per heavy atom. The fourth-order valence-electron chi connectivity index (χ4n) is 8.02. The monoisotopic (exact) mass is 372 g/mol. The van der Waals surface area contributed by atoms with E-state index >= 15 is 0 Å². The average molecular weight is 373 g/mol. The van der Waals surface area contributed by atoms with Crippen molar-refractivity contribution in [3.8, 4) is 0 Å². The predicted octanol–water partition coefficient (Wildman–Crippen LogP) is 3.75. The van der Waals surface area contributed by atoms with Crippen molar-refractivity contribution in [2.45, 2.75) is 77.0 Å². The summed E-state index contributed by atoms with van der Waals surface area (Å²) in [4.78, 5) is 27.3. The summed E-state index contributed by atoms with van der Waals surface area (Å²) >= 11 is 0. The van der Waals surface area contributed by atoms with Crippen molar-refractivity contribution in [1.82, 2.24) is 10.2 Å². The van der Waals surface area contributed by atoms with Gasteiger partial charge in [0.2, 0.25) is 11.8 Å². The van der Waals surface area contributed by atoms with E-state index in [2.05, 4.69) is 5.32 Å².